The predicted octanol–water partition coefficient (Wildman–Crippen LogP) is -0.250. The van der Waals surface area contributed by atoms with Gasteiger partial charge in [-0.3, -0.25) is 0 Å². The lowest BCUT2D eigenvalue weighted by Gasteiger charge is -2.07. The van der Waals surface area contributed by atoms with Gasteiger partial charge in [-0.2, -0.15) is 0 Å². The van der Waals surface area contributed by atoms with Crippen molar-refractivity contribution in [3.05, 3.63) is 0 Å². The molecule has 1 heterocycles. The van der Waals surface area contributed by atoms with Gasteiger partial charge in [0.2, 0.25) is 0 Å². The summed E-state index contributed by atoms with van der Waals surface area (Å²) in [6, 6.07) is 0. The lowest BCUT2D eigenvalue weighted by atomic mass is 10.1. The van der Waals surface area contributed by atoms with Crippen molar-refractivity contribution >= 4 is 9.84 Å². The fourth-order valence-electron chi connectivity index (χ4n) is 1.76. The Hall–Kier alpha value is -0.130. The van der Waals surface area contributed by atoms with Crippen molar-refractivity contribution in [2.24, 2.45) is 11.7 Å². The van der Waals surface area contributed by atoms with E-state index in [4.69, 9.17) is 5.73 Å². The van der Waals surface area contributed by atoms with E-state index in [9.17, 15) is 8.42 Å². The van der Waals surface area contributed by atoms with Crippen molar-refractivity contribution in [3.8, 4) is 0 Å². The number of hydrogen-bond donors (Lipinski definition) is 2. The smallest absolute Gasteiger partial charge is 0.150 e. The highest BCUT2D eigenvalue weighted by molar-refractivity contribution is 7.91. The molecular formula is C9H20N2O2S. The maximum atomic E-state index is 11.1. The molecule has 0 aromatic carbocycles. The molecular weight excluding hydrogens is 200 g/mol. The average molecular weight is 220 g/mol. The maximum absolute atomic E-state index is 11.1. The Bertz CT molecular complexity index is 252. The molecule has 1 aliphatic heterocycles. The fraction of sp³-hybridized carbons (Fsp3) is 1.00. The highest BCUT2D eigenvalue weighted by Gasteiger charge is 2.26. The van der Waals surface area contributed by atoms with Crippen LogP contribution in [-0.4, -0.2) is 39.6 Å². The first-order valence-corrected chi connectivity index (χ1v) is 7.07. The molecule has 0 bridgehead atoms. The molecule has 3 N–H and O–H groups in total. The van der Waals surface area contributed by atoms with E-state index in [1.165, 1.54) is 0 Å². The SMILES string of the molecule is NCCCNCCC1CCS(=O)(=O)C1. The summed E-state index contributed by atoms with van der Waals surface area (Å²) in [5, 5.41) is 3.27. The molecule has 1 atom stereocenters. The van der Waals surface area contributed by atoms with Crippen molar-refractivity contribution < 1.29 is 8.42 Å². The van der Waals surface area contributed by atoms with Gasteiger partial charge in [0.25, 0.3) is 0 Å². The van der Waals surface area contributed by atoms with E-state index in [0.29, 0.717) is 24.0 Å². The largest absolute Gasteiger partial charge is 0.330 e. The van der Waals surface area contributed by atoms with Gasteiger partial charge in [0, 0.05) is 0 Å². The molecule has 14 heavy (non-hydrogen) atoms. The zero-order valence-corrected chi connectivity index (χ0v) is 9.35. The van der Waals surface area contributed by atoms with Gasteiger partial charge in [-0.25, -0.2) is 8.42 Å². The molecule has 0 amide bonds. The summed E-state index contributed by atoms with van der Waals surface area (Å²) in [6.45, 7) is 2.57. The van der Waals surface area contributed by atoms with Crippen LogP contribution in [0.4, 0.5) is 0 Å². The van der Waals surface area contributed by atoms with Gasteiger partial charge < -0.3 is 11.1 Å². The zero-order valence-electron chi connectivity index (χ0n) is 8.54. The fourth-order valence-corrected chi connectivity index (χ4v) is 3.67. The molecule has 1 rings (SSSR count). The second kappa shape index (κ2) is 5.68. The van der Waals surface area contributed by atoms with E-state index in [1.807, 2.05) is 0 Å². The molecule has 4 nitrogen and oxygen atoms in total. The number of nitrogens with two attached hydrogens (primary N) is 1. The van der Waals surface area contributed by atoms with Crippen LogP contribution in [0, 0.1) is 5.92 Å². The van der Waals surface area contributed by atoms with Gasteiger partial charge in [0.05, 0.1) is 11.5 Å². The lowest BCUT2D eigenvalue weighted by molar-refractivity contribution is 0.506. The second-order valence-electron chi connectivity index (χ2n) is 3.95. The molecule has 0 radical (unpaired) electrons. The topological polar surface area (TPSA) is 72.2 Å². The molecule has 0 aromatic rings. The first-order chi connectivity index (χ1) is 6.64. The van der Waals surface area contributed by atoms with Crippen LogP contribution in [0.5, 0.6) is 0 Å². The van der Waals surface area contributed by atoms with Crippen LogP contribution in [-0.2, 0) is 9.84 Å². The molecule has 0 aliphatic carbocycles. The third-order valence-corrected chi connectivity index (χ3v) is 4.45. The third kappa shape index (κ3) is 4.39. The molecule has 0 aromatic heterocycles. The van der Waals surface area contributed by atoms with Gasteiger partial charge in [0.1, 0.15) is 0 Å². The van der Waals surface area contributed by atoms with Crippen LogP contribution in [0.1, 0.15) is 19.3 Å². The Morgan fingerprint density at radius 1 is 1.36 bits per heavy atom. The normalized spacial score (nSPS) is 25.4. The van der Waals surface area contributed by atoms with Crippen molar-refractivity contribution in [2.75, 3.05) is 31.1 Å². The van der Waals surface area contributed by atoms with E-state index >= 15 is 0 Å². The third-order valence-electron chi connectivity index (χ3n) is 2.61. The predicted molar refractivity (Wildman–Crippen MR) is 57.9 cm³/mol. The van der Waals surface area contributed by atoms with E-state index in [0.717, 1.165) is 32.4 Å². The van der Waals surface area contributed by atoms with E-state index in [-0.39, 0.29) is 0 Å². The highest BCUT2D eigenvalue weighted by atomic mass is 32.2. The van der Waals surface area contributed by atoms with Gasteiger partial charge >= 0.3 is 0 Å². The molecule has 1 unspecified atom stereocenters. The highest BCUT2D eigenvalue weighted by Crippen LogP contribution is 2.20. The van der Waals surface area contributed by atoms with Crippen LogP contribution < -0.4 is 11.1 Å². The summed E-state index contributed by atoms with van der Waals surface area (Å²) in [6.07, 6.45) is 2.81. The van der Waals surface area contributed by atoms with Crippen molar-refractivity contribution in [1.82, 2.24) is 5.32 Å². The summed E-state index contributed by atoms with van der Waals surface area (Å²) >= 11 is 0. The minimum atomic E-state index is -2.69. The van der Waals surface area contributed by atoms with Crippen LogP contribution in [0.25, 0.3) is 0 Å². The minimum absolute atomic E-state index is 0.380. The summed E-state index contributed by atoms with van der Waals surface area (Å²) < 4.78 is 22.3. The Balaban J connectivity index is 2.03. The second-order valence-corrected chi connectivity index (χ2v) is 6.18. The number of hydrogen-bond acceptors (Lipinski definition) is 4. The summed E-state index contributed by atoms with van der Waals surface area (Å²) in [5.41, 5.74) is 5.35. The van der Waals surface area contributed by atoms with Gasteiger partial charge in [-0.15, -0.1) is 0 Å². The summed E-state index contributed by atoms with van der Waals surface area (Å²) in [5.74, 6) is 1.16. The number of nitrogens with one attached hydrogen (secondary N) is 1. The van der Waals surface area contributed by atoms with Crippen molar-refractivity contribution in [1.29, 1.82) is 0 Å². The molecule has 1 fully saturated rings. The van der Waals surface area contributed by atoms with Gasteiger partial charge in [0.15, 0.2) is 9.84 Å². The Labute approximate surface area is 86.2 Å². The molecule has 1 saturated heterocycles. The van der Waals surface area contributed by atoms with Crippen LogP contribution in [0.3, 0.4) is 0 Å². The minimum Gasteiger partial charge on any atom is -0.330 e. The van der Waals surface area contributed by atoms with Crippen LogP contribution in [0.2, 0.25) is 0 Å². The Kier molecular flexibility index (Phi) is 4.84. The molecule has 0 saturated carbocycles. The van der Waals surface area contributed by atoms with Gasteiger partial charge in [-0.1, -0.05) is 0 Å². The first-order valence-electron chi connectivity index (χ1n) is 5.25. The van der Waals surface area contributed by atoms with E-state index in [1.54, 1.807) is 0 Å². The first kappa shape index (κ1) is 11.9. The quantitative estimate of drug-likeness (QED) is 0.605. The molecule has 84 valence electrons. The number of rotatable bonds is 6. The lowest BCUT2D eigenvalue weighted by Crippen LogP contribution is -2.21. The number of sulfone groups is 1. The molecule has 5 heteroatoms. The Morgan fingerprint density at radius 2 is 2.14 bits per heavy atom. The van der Waals surface area contributed by atoms with Crippen LogP contribution in [0.15, 0.2) is 0 Å². The molecule has 0 spiro atoms. The average Bonchev–Trinajstić information content (AvgIpc) is 2.45. The monoisotopic (exact) mass is 220 g/mol. The maximum Gasteiger partial charge on any atom is 0.150 e. The van der Waals surface area contributed by atoms with E-state index in [2.05, 4.69) is 5.32 Å². The van der Waals surface area contributed by atoms with Crippen molar-refractivity contribution in [2.45, 2.75) is 19.3 Å². The van der Waals surface area contributed by atoms with Gasteiger partial charge in [-0.05, 0) is 44.8 Å². The molecule has 1 aliphatic rings. The summed E-state index contributed by atoms with van der Waals surface area (Å²) in [7, 11) is -2.69. The van der Waals surface area contributed by atoms with Crippen molar-refractivity contribution in [3.63, 3.8) is 0 Å². The van der Waals surface area contributed by atoms with E-state index < -0.39 is 9.84 Å². The van der Waals surface area contributed by atoms with Crippen LogP contribution >= 0.6 is 0 Å². The Morgan fingerprint density at radius 3 is 2.71 bits per heavy atom. The standard InChI is InChI=1S/C9H20N2O2S/c10-4-1-5-11-6-2-9-3-7-14(12,13)8-9/h9,11H,1-8,10H2. The zero-order chi connectivity index (χ0) is 10.4. The summed E-state index contributed by atoms with van der Waals surface area (Å²) in [4.78, 5) is 0.